The molecule has 0 aromatic heterocycles. The predicted molar refractivity (Wildman–Crippen MR) is 69.9 cm³/mol. The van der Waals surface area contributed by atoms with Gasteiger partial charge in [-0.15, -0.1) is 0 Å². The SMILES string of the molecule is COc1c(C2CCCN2)cc(Cl)c(C=O)c1OC. The Morgan fingerprint density at radius 3 is 2.61 bits per heavy atom. The zero-order valence-electron chi connectivity index (χ0n) is 10.5. The molecule has 1 aliphatic rings. The lowest BCUT2D eigenvalue weighted by molar-refractivity contribution is 0.112. The van der Waals surface area contributed by atoms with Crippen LogP contribution in [0.4, 0.5) is 0 Å². The van der Waals surface area contributed by atoms with Gasteiger partial charge in [-0.05, 0) is 25.5 Å². The second-order valence-electron chi connectivity index (χ2n) is 4.19. The van der Waals surface area contributed by atoms with Gasteiger partial charge in [0, 0.05) is 11.6 Å². The molecule has 18 heavy (non-hydrogen) atoms. The first-order valence-electron chi connectivity index (χ1n) is 5.85. The summed E-state index contributed by atoms with van der Waals surface area (Å²) in [7, 11) is 3.08. The molecular formula is C13H16ClNO3. The lowest BCUT2D eigenvalue weighted by Crippen LogP contribution is -2.14. The molecule has 0 amide bonds. The second-order valence-corrected chi connectivity index (χ2v) is 4.60. The van der Waals surface area contributed by atoms with E-state index in [0.717, 1.165) is 24.9 Å². The Morgan fingerprint density at radius 2 is 2.11 bits per heavy atom. The van der Waals surface area contributed by atoms with E-state index in [-0.39, 0.29) is 6.04 Å². The van der Waals surface area contributed by atoms with E-state index in [1.807, 2.05) is 0 Å². The van der Waals surface area contributed by atoms with E-state index in [9.17, 15) is 4.79 Å². The van der Waals surface area contributed by atoms with Gasteiger partial charge < -0.3 is 14.8 Å². The summed E-state index contributed by atoms with van der Waals surface area (Å²) < 4.78 is 10.7. The molecule has 0 bridgehead atoms. The van der Waals surface area contributed by atoms with Crippen LogP contribution in [0, 0.1) is 0 Å². The zero-order valence-corrected chi connectivity index (χ0v) is 11.2. The monoisotopic (exact) mass is 269 g/mol. The largest absolute Gasteiger partial charge is 0.492 e. The molecular weight excluding hydrogens is 254 g/mol. The number of carbonyl (C=O) groups excluding carboxylic acids is 1. The quantitative estimate of drug-likeness (QED) is 0.854. The summed E-state index contributed by atoms with van der Waals surface area (Å²) in [5.41, 5.74) is 1.28. The van der Waals surface area contributed by atoms with Gasteiger partial charge in [-0.25, -0.2) is 0 Å². The Kier molecular flexibility index (Phi) is 4.09. The first-order chi connectivity index (χ1) is 8.72. The minimum absolute atomic E-state index is 0.201. The van der Waals surface area contributed by atoms with Crippen LogP contribution in [0.2, 0.25) is 5.02 Å². The van der Waals surface area contributed by atoms with E-state index in [1.165, 1.54) is 7.11 Å². The molecule has 1 saturated heterocycles. The standard InChI is InChI=1S/C13H16ClNO3/c1-17-12-8(11-4-3-5-15-11)6-10(14)9(7-16)13(12)18-2/h6-7,11,15H,3-5H2,1-2H3. The summed E-state index contributed by atoms with van der Waals surface area (Å²) in [4.78, 5) is 11.1. The highest BCUT2D eigenvalue weighted by Gasteiger charge is 2.25. The fraction of sp³-hybridized carbons (Fsp3) is 0.462. The van der Waals surface area contributed by atoms with Crippen LogP contribution in [0.5, 0.6) is 11.5 Å². The van der Waals surface area contributed by atoms with Crippen molar-refractivity contribution in [2.24, 2.45) is 0 Å². The lowest BCUT2D eigenvalue weighted by Gasteiger charge is -2.19. The van der Waals surface area contributed by atoms with E-state index in [1.54, 1.807) is 13.2 Å². The fourth-order valence-corrected chi connectivity index (χ4v) is 2.62. The van der Waals surface area contributed by atoms with Crippen molar-refractivity contribution in [3.8, 4) is 11.5 Å². The van der Waals surface area contributed by atoms with Crippen molar-refractivity contribution in [3.63, 3.8) is 0 Å². The Labute approximate surface area is 111 Å². The van der Waals surface area contributed by atoms with Crippen molar-refractivity contribution < 1.29 is 14.3 Å². The average Bonchev–Trinajstić information content (AvgIpc) is 2.90. The number of carbonyl (C=O) groups is 1. The molecule has 1 aliphatic heterocycles. The Morgan fingerprint density at radius 1 is 1.39 bits per heavy atom. The summed E-state index contributed by atoms with van der Waals surface area (Å²) in [6, 6.07) is 1.99. The van der Waals surface area contributed by atoms with Crippen molar-refractivity contribution >= 4 is 17.9 Å². The Balaban J connectivity index is 2.58. The first kappa shape index (κ1) is 13.2. The molecule has 0 aliphatic carbocycles. The number of nitrogens with one attached hydrogen (secondary N) is 1. The van der Waals surface area contributed by atoms with Gasteiger partial charge in [0.05, 0.1) is 24.8 Å². The summed E-state index contributed by atoms with van der Waals surface area (Å²) in [6.07, 6.45) is 2.83. The number of aldehydes is 1. The number of hydrogen-bond donors (Lipinski definition) is 1. The highest BCUT2D eigenvalue weighted by molar-refractivity contribution is 6.33. The zero-order chi connectivity index (χ0) is 13.1. The third kappa shape index (κ3) is 2.18. The Hall–Kier alpha value is -1.26. The number of ether oxygens (including phenoxy) is 2. The van der Waals surface area contributed by atoms with Gasteiger partial charge in [0.25, 0.3) is 0 Å². The molecule has 1 unspecified atom stereocenters. The molecule has 2 rings (SSSR count). The topological polar surface area (TPSA) is 47.6 Å². The summed E-state index contributed by atoms with van der Waals surface area (Å²) >= 11 is 6.13. The van der Waals surface area contributed by atoms with Crippen LogP contribution in [-0.2, 0) is 0 Å². The number of halogens is 1. The molecule has 0 saturated carbocycles. The molecule has 5 heteroatoms. The summed E-state index contributed by atoms with van der Waals surface area (Å²) in [6.45, 7) is 0.975. The van der Waals surface area contributed by atoms with Gasteiger partial charge in [-0.1, -0.05) is 11.6 Å². The van der Waals surface area contributed by atoms with Crippen molar-refractivity contribution in [1.29, 1.82) is 0 Å². The van der Waals surface area contributed by atoms with Gasteiger partial charge in [-0.3, -0.25) is 4.79 Å². The smallest absolute Gasteiger partial charge is 0.173 e. The van der Waals surface area contributed by atoms with Gasteiger partial charge in [-0.2, -0.15) is 0 Å². The molecule has 1 fully saturated rings. The van der Waals surface area contributed by atoms with E-state index < -0.39 is 0 Å². The molecule has 4 nitrogen and oxygen atoms in total. The molecule has 1 heterocycles. The molecule has 98 valence electrons. The van der Waals surface area contributed by atoms with Crippen LogP contribution in [0.3, 0.4) is 0 Å². The van der Waals surface area contributed by atoms with Gasteiger partial charge in [0.2, 0.25) is 0 Å². The van der Waals surface area contributed by atoms with Crippen LogP contribution in [0.25, 0.3) is 0 Å². The van der Waals surface area contributed by atoms with Crippen LogP contribution in [0.15, 0.2) is 6.07 Å². The van der Waals surface area contributed by atoms with Crippen molar-refractivity contribution in [1.82, 2.24) is 5.32 Å². The normalized spacial score (nSPS) is 18.7. The van der Waals surface area contributed by atoms with E-state index in [0.29, 0.717) is 28.4 Å². The van der Waals surface area contributed by atoms with Crippen molar-refractivity contribution in [2.45, 2.75) is 18.9 Å². The lowest BCUT2D eigenvalue weighted by atomic mass is 10.0. The number of methoxy groups -OCH3 is 2. The summed E-state index contributed by atoms with van der Waals surface area (Å²) in [5, 5.41) is 3.78. The molecule has 1 aromatic carbocycles. The summed E-state index contributed by atoms with van der Waals surface area (Å²) in [5.74, 6) is 0.993. The van der Waals surface area contributed by atoms with Crippen molar-refractivity contribution in [3.05, 3.63) is 22.2 Å². The highest BCUT2D eigenvalue weighted by Crippen LogP contribution is 2.42. The van der Waals surface area contributed by atoms with Crippen LogP contribution in [-0.4, -0.2) is 27.1 Å². The van der Waals surface area contributed by atoms with Crippen LogP contribution >= 0.6 is 11.6 Å². The fourth-order valence-electron chi connectivity index (χ4n) is 2.37. The second kappa shape index (κ2) is 5.59. The van der Waals surface area contributed by atoms with Gasteiger partial charge >= 0.3 is 0 Å². The van der Waals surface area contributed by atoms with Crippen LogP contribution in [0.1, 0.15) is 34.8 Å². The van der Waals surface area contributed by atoms with Gasteiger partial charge in [0.15, 0.2) is 17.8 Å². The predicted octanol–water partition coefficient (Wildman–Crippen LogP) is 2.59. The van der Waals surface area contributed by atoms with Crippen LogP contribution < -0.4 is 14.8 Å². The van der Waals surface area contributed by atoms with E-state index in [2.05, 4.69) is 5.32 Å². The molecule has 0 radical (unpaired) electrons. The van der Waals surface area contributed by atoms with Gasteiger partial charge in [0.1, 0.15) is 0 Å². The molecule has 1 atom stereocenters. The third-order valence-electron chi connectivity index (χ3n) is 3.21. The highest BCUT2D eigenvalue weighted by atomic mass is 35.5. The number of hydrogen-bond acceptors (Lipinski definition) is 4. The van der Waals surface area contributed by atoms with E-state index >= 15 is 0 Å². The minimum atomic E-state index is 0.201. The third-order valence-corrected chi connectivity index (χ3v) is 3.53. The molecule has 1 N–H and O–H groups in total. The molecule has 0 spiro atoms. The minimum Gasteiger partial charge on any atom is -0.492 e. The maximum atomic E-state index is 11.1. The maximum Gasteiger partial charge on any atom is 0.173 e. The Bertz CT molecular complexity index is 456. The molecule has 1 aromatic rings. The first-order valence-corrected chi connectivity index (χ1v) is 6.23. The van der Waals surface area contributed by atoms with Crippen molar-refractivity contribution in [2.75, 3.05) is 20.8 Å². The number of benzene rings is 1. The number of rotatable bonds is 4. The van der Waals surface area contributed by atoms with E-state index in [4.69, 9.17) is 21.1 Å². The maximum absolute atomic E-state index is 11.1. The average molecular weight is 270 g/mol.